The highest BCUT2D eigenvalue weighted by Crippen LogP contribution is 2.21. The highest BCUT2D eigenvalue weighted by Gasteiger charge is 2.24. The number of ketones is 1. The lowest BCUT2D eigenvalue weighted by atomic mass is 10.1. The fourth-order valence-electron chi connectivity index (χ4n) is 1.74. The fraction of sp³-hybridized carbons (Fsp3) is 0.200. The molecule has 0 bridgehead atoms. The topological polar surface area (TPSA) is 80.0 Å². The highest BCUT2D eigenvalue weighted by atomic mass is 32.1. The number of ether oxygens (including phenoxy) is 1. The summed E-state index contributed by atoms with van der Waals surface area (Å²) in [7, 11) is 0. The van der Waals surface area contributed by atoms with Crippen molar-refractivity contribution in [1.82, 2.24) is 4.98 Å². The molecule has 23 heavy (non-hydrogen) atoms. The van der Waals surface area contributed by atoms with Gasteiger partial charge in [0.2, 0.25) is 0 Å². The van der Waals surface area contributed by atoms with Crippen LogP contribution in [0.3, 0.4) is 0 Å². The third-order valence-electron chi connectivity index (χ3n) is 2.78. The van der Waals surface area contributed by atoms with E-state index in [0.29, 0.717) is 16.8 Å². The summed E-state index contributed by atoms with van der Waals surface area (Å²) in [4.78, 5) is 27.7. The molecule has 0 unspecified atom stereocenters. The predicted octanol–water partition coefficient (Wildman–Crippen LogP) is 2.76. The average Bonchev–Trinajstić information content (AvgIpc) is 2.90. The second kappa shape index (κ2) is 7.07. The second-order valence-electron chi connectivity index (χ2n) is 4.59. The van der Waals surface area contributed by atoms with E-state index in [1.165, 1.54) is 0 Å². The molecule has 0 aliphatic carbocycles. The lowest BCUT2D eigenvalue weighted by Crippen LogP contribution is -2.20. The number of thiazole rings is 1. The Morgan fingerprint density at radius 1 is 1.35 bits per heavy atom. The number of Topliss-reactive ketones (excluding diaryl/α,β-unsaturated/α-hetero) is 1. The Morgan fingerprint density at radius 3 is 2.52 bits per heavy atom. The number of nitriles is 1. The average molecular weight is 336 g/mol. The zero-order valence-corrected chi connectivity index (χ0v) is 12.7. The van der Waals surface area contributed by atoms with E-state index in [4.69, 9.17) is 10.00 Å². The van der Waals surface area contributed by atoms with Crippen molar-refractivity contribution in [3.8, 4) is 6.07 Å². The van der Waals surface area contributed by atoms with Crippen molar-refractivity contribution in [2.24, 2.45) is 0 Å². The summed E-state index contributed by atoms with van der Waals surface area (Å²) in [6, 6.07) is 4.00. The maximum atomic E-state index is 13.0. The maximum Gasteiger partial charge on any atom is 0.338 e. The Hall–Kier alpha value is -2.66. The van der Waals surface area contributed by atoms with Crippen LogP contribution in [0.2, 0.25) is 0 Å². The molecule has 0 aliphatic rings. The first-order chi connectivity index (χ1) is 10.9. The summed E-state index contributed by atoms with van der Waals surface area (Å²) in [5.74, 6) is -4.73. The standard InChI is InChI=1S/C15H10F2N2O3S/c1-8-7-23-14(19-8)12(5-18)13(20)6-22-15(21)9-2-10(16)4-11(17)3-9/h2-4,7,12H,6H2,1H3/t12-/m1/s1. The molecule has 2 rings (SSSR count). The van der Waals surface area contributed by atoms with Crippen molar-refractivity contribution in [1.29, 1.82) is 5.26 Å². The molecule has 0 saturated heterocycles. The van der Waals surface area contributed by atoms with Gasteiger partial charge in [0.15, 0.2) is 18.3 Å². The van der Waals surface area contributed by atoms with Crippen LogP contribution in [0.1, 0.15) is 27.0 Å². The maximum absolute atomic E-state index is 13.0. The van der Waals surface area contributed by atoms with Crippen LogP contribution in [0, 0.1) is 29.9 Å². The van der Waals surface area contributed by atoms with Gasteiger partial charge < -0.3 is 4.74 Å². The molecular formula is C15H10F2N2O3S. The van der Waals surface area contributed by atoms with Crippen LogP contribution in [0.4, 0.5) is 8.78 Å². The zero-order chi connectivity index (χ0) is 17.0. The van der Waals surface area contributed by atoms with Gasteiger partial charge in [-0.05, 0) is 19.1 Å². The smallest absolute Gasteiger partial charge is 0.338 e. The molecule has 0 fully saturated rings. The number of hydrogen-bond acceptors (Lipinski definition) is 6. The molecule has 2 aromatic rings. The van der Waals surface area contributed by atoms with Crippen LogP contribution in [-0.4, -0.2) is 23.3 Å². The minimum Gasteiger partial charge on any atom is -0.454 e. The molecule has 1 heterocycles. The van der Waals surface area contributed by atoms with Gasteiger partial charge in [0.1, 0.15) is 16.6 Å². The molecule has 8 heteroatoms. The van der Waals surface area contributed by atoms with Crippen molar-refractivity contribution in [3.05, 3.63) is 51.5 Å². The Labute approximate surface area is 134 Å². The molecule has 0 radical (unpaired) electrons. The van der Waals surface area contributed by atoms with E-state index in [1.54, 1.807) is 18.4 Å². The lowest BCUT2D eigenvalue weighted by Gasteiger charge is -2.07. The largest absolute Gasteiger partial charge is 0.454 e. The van der Waals surface area contributed by atoms with Gasteiger partial charge in [-0.15, -0.1) is 11.3 Å². The van der Waals surface area contributed by atoms with Gasteiger partial charge in [-0.3, -0.25) is 4.79 Å². The number of carbonyl (C=O) groups is 2. The van der Waals surface area contributed by atoms with Crippen molar-refractivity contribution >= 4 is 23.1 Å². The first-order valence-corrected chi connectivity index (χ1v) is 7.26. The van der Waals surface area contributed by atoms with Crippen molar-refractivity contribution in [3.63, 3.8) is 0 Å². The van der Waals surface area contributed by atoms with Crippen LogP contribution in [0.25, 0.3) is 0 Å². The van der Waals surface area contributed by atoms with Crippen LogP contribution in [0.5, 0.6) is 0 Å². The van der Waals surface area contributed by atoms with E-state index in [2.05, 4.69) is 4.98 Å². The molecule has 1 atom stereocenters. The van der Waals surface area contributed by atoms with Gasteiger partial charge in [0.25, 0.3) is 0 Å². The van der Waals surface area contributed by atoms with E-state index < -0.39 is 35.9 Å². The number of hydrogen-bond donors (Lipinski definition) is 0. The molecule has 0 spiro atoms. The Morgan fingerprint density at radius 2 is 2.00 bits per heavy atom. The van der Waals surface area contributed by atoms with Crippen LogP contribution < -0.4 is 0 Å². The first-order valence-electron chi connectivity index (χ1n) is 6.38. The number of halogens is 2. The molecule has 0 aliphatic heterocycles. The Balaban J connectivity index is 2.03. The fourth-order valence-corrected chi connectivity index (χ4v) is 2.61. The second-order valence-corrected chi connectivity index (χ2v) is 5.48. The summed E-state index contributed by atoms with van der Waals surface area (Å²) >= 11 is 1.15. The van der Waals surface area contributed by atoms with Crippen molar-refractivity contribution in [2.75, 3.05) is 6.61 Å². The summed E-state index contributed by atoms with van der Waals surface area (Å²) in [6.45, 7) is 1.03. The van der Waals surface area contributed by atoms with Gasteiger partial charge in [-0.2, -0.15) is 5.26 Å². The summed E-state index contributed by atoms with van der Waals surface area (Å²) in [5.41, 5.74) is 0.319. The van der Waals surface area contributed by atoms with Gasteiger partial charge in [0, 0.05) is 17.1 Å². The minimum atomic E-state index is -1.15. The third kappa shape index (κ3) is 4.17. The van der Waals surface area contributed by atoms with Crippen molar-refractivity contribution < 1.29 is 23.1 Å². The van der Waals surface area contributed by atoms with Crippen LogP contribution >= 0.6 is 11.3 Å². The Bertz CT molecular complexity index is 778. The van der Waals surface area contributed by atoms with Gasteiger partial charge in [-0.1, -0.05) is 0 Å². The number of nitrogens with zero attached hydrogens (tertiary/aromatic N) is 2. The zero-order valence-electron chi connectivity index (χ0n) is 11.9. The molecule has 1 aromatic heterocycles. The summed E-state index contributed by atoms with van der Waals surface area (Å²) in [5, 5.41) is 11.1. The molecule has 0 saturated carbocycles. The summed E-state index contributed by atoms with van der Waals surface area (Å²) in [6.07, 6.45) is 0. The van der Waals surface area contributed by atoms with Gasteiger partial charge in [-0.25, -0.2) is 18.6 Å². The van der Waals surface area contributed by atoms with Gasteiger partial charge in [0.05, 0.1) is 11.6 Å². The molecule has 118 valence electrons. The first kappa shape index (κ1) is 16.7. The highest BCUT2D eigenvalue weighted by molar-refractivity contribution is 7.09. The van der Waals surface area contributed by atoms with E-state index in [-0.39, 0.29) is 5.56 Å². The SMILES string of the molecule is Cc1csc([C@H](C#N)C(=O)COC(=O)c2cc(F)cc(F)c2)n1. The van der Waals surface area contributed by atoms with E-state index in [9.17, 15) is 18.4 Å². The monoisotopic (exact) mass is 336 g/mol. The number of rotatable bonds is 5. The normalized spacial score (nSPS) is 11.6. The number of aryl methyl sites for hydroxylation is 1. The molecule has 0 amide bonds. The molecular weight excluding hydrogens is 326 g/mol. The van der Waals surface area contributed by atoms with Crippen LogP contribution in [-0.2, 0) is 9.53 Å². The predicted molar refractivity (Wildman–Crippen MR) is 76.9 cm³/mol. The van der Waals surface area contributed by atoms with E-state index >= 15 is 0 Å². The summed E-state index contributed by atoms with van der Waals surface area (Å²) < 4.78 is 30.8. The number of carbonyl (C=O) groups excluding carboxylic acids is 2. The third-order valence-corrected chi connectivity index (χ3v) is 3.81. The lowest BCUT2D eigenvalue weighted by molar-refractivity contribution is -0.122. The minimum absolute atomic E-state index is 0.308. The number of aromatic nitrogens is 1. The molecule has 1 aromatic carbocycles. The molecule has 5 nitrogen and oxygen atoms in total. The Kier molecular flexibility index (Phi) is 5.13. The number of benzene rings is 1. The van der Waals surface area contributed by atoms with Crippen LogP contribution in [0.15, 0.2) is 23.6 Å². The van der Waals surface area contributed by atoms with Gasteiger partial charge >= 0.3 is 5.97 Å². The van der Waals surface area contributed by atoms with Crippen molar-refractivity contribution in [2.45, 2.75) is 12.8 Å². The van der Waals surface area contributed by atoms with E-state index in [1.807, 2.05) is 0 Å². The quantitative estimate of drug-likeness (QED) is 0.784. The molecule has 0 N–H and O–H groups in total. The van der Waals surface area contributed by atoms with E-state index in [0.717, 1.165) is 23.5 Å². The number of esters is 1.